The molecule has 0 unspecified atom stereocenters. The van der Waals surface area contributed by atoms with Crippen LogP contribution in [0.3, 0.4) is 0 Å². The standard InChI is InChI=1S/C14H28N4O3/c1-13(2,3)17-11(20)8-15-7-6-14(4,5)18-12(21)9-16-10-19/h10,15H,6-9H2,1-5H3,(H,16,19)(H,17,20)(H,18,21). The van der Waals surface area contributed by atoms with Crippen molar-refractivity contribution in [3.8, 4) is 0 Å². The van der Waals surface area contributed by atoms with Gasteiger partial charge in [-0.3, -0.25) is 14.4 Å². The number of hydrogen-bond acceptors (Lipinski definition) is 4. The Morgan fingerprint density at radius 1 is 0.952 bits per heavy atom. The van der Waals surface area contributed by atoms with E-state index in [-0.39, 0.29) is 30.4 Å². The number of carbonyl (C=O) groups is 3. The number of hydrogen-bond donors (Lipinski definition) is 4. The molecule has 0 fully saturated rings. The van der Waals surface area contributed by atoms with Crippen LogP contribution in [-0.4, -0.2) is 48.9 Å². The lowest BCUT2D eigenvalue weighted by atomic mass is 10.0. The molecule has 0 bridgehead atoms. The maximum Gasteiger partial charge on any atom is 0.239 e. The first kappa shape index (κ1) is 19.4. The molecule has 0 aliphatic carbocycles. The van der Waals surface area contributed by atoms with E-state index in [1.54, 1.807) is 0 Å². The lowest BCUT2D eigenvalue weighted by molar-refractivity contribution is -0.123. The SMILES string of the molecule is CC(C)(C)NC(=O)CNCCC(C)(C)NC(=O)CNC=O. The average molecular weight is 300 g/mol. The molecule has 0 radical (unpaired) electrons. The van der Waals surface area contributed by atoms with Crippen molar-refractivity contribution in [2.75, 3.05) is 19.6 Å². The van der Waals surface area contributed by atoms with Gasteiger partial charge in [0.15, 0.2) is 0 Å². The Bertz CT molecular complexity index is 362. The van der Waals surface area contributed by atoms with Gasteiger partial charge in [0.05, 0.1) is 13.1 Å². The van der Waals surface area contributed by atoms with Gasteiger partial charge in [0.1, 0.15) is 0 Å². The van der Waals surface area contributed by atoms with E-state index in [2.05, 4.69) is 21.3 Å². The predicted octanol–water partition coefficient (Wildman–Crippen LogP) is -0.478. The summed E-state index contributed by atoms with van der Waals surface area (Å²) in [5, 5.41) is 11.0. The van der Waals surface area contributed by atoms with Crippen LogP contribution in [0.25, 0.3) is 0 Å². The summed E-state index contributed by atoms with van der Waals surface area (Å²) in [5.41, 5.74) is -0.646. The van der Waals surface area contributed by atoms with Crippen molar-refractivity contribution in [3.63, 3.8) is 0 Å². The number of carbonyl (C=O) groups excluding carboxylic acids is 3. The van der Waals surface area contributed by atoms with Crippen LogP contribution in [0.15, 0.2) is 0 Å². The molecule has 0 atom stereocenters. The van der Waals surface area contributed by atoms with Crippen molar-refractivity contribution < 1.29 is 14.4 Å². The zero-order valence-corrected chi connectivity index (χ0v) is 13.6. The Balaban J connectivity index is 3.91. The van der Waals surface area contributed by atoms with Crippen LogP contribution < -0.4 is 21.3 Å². The summed E-state index contributed by atoms with van der Waals surface area (Å²) >= 11 is 0. The third-order valence-corrected chi connectivity index (χ3v) is 2.55. The van der Waals surface area contributed by atoms with Gasteiger partial charge in [0.2, 0.25) is 18.2 Å². The molecule has 0 aliphatic rings. The van der Waals surface area contributed by atoms with Crippen LogP contribution >= 0.6 is 0 Å². The Hall–Kier alpha value is -1.63. The molecule has 0 aromatic rings. The Morgan fingerprint density at radius 3 is 2.05 bits per heavy atom. The highest BCUT2D eigenvalue weighted by Crippen LogP contribution is 2.06. The third kappa shape index (κ3) is 11.9. The van der Waals surface area contributed by atoms with Crippen LogP contribution in [0, 0.1) is 0 Å². The van der Waals surface area contributed by atoms with Gasteiger partial charge in [-0.1, -0.05) is 0 Å². The van der Waals surface area contributed by atoms with E-state index in [4.69, 9.17) is 0 Å². The van der Waals surface area contributed by atoms with Crippen molar-refractivity contribution in [1.29, 1.82) is 0 Å². The average Bonchev–Trinajstić information content (AvgIpc) is 2.29. The first-order chi connectivity index (χ1) is 9.56. The number of rotatable bonds is 9. The second-order valence-electron chi connectivity index (χ2n) is 6.66. The molecule has 7 heteroatoms. The number of amides is 3. The second-order valence-corrected chi connectivity index (χ2v) is 6.66. The molecule has 3 amide bonds. The van der Waals surface area contributed by atoms with Gasteiger partial charge in [-0.15, -0.1) is 0 Å². The molecular formula is C14H28N4O3. The quantitative estimate of drug-likeness (QED) is 0.341. The van der Waals surface area contributed by atoms with Gasteiger partial charge >= 0.3 is 0 Å². The van der Waals surface area contributed by atoms with Gasteiger partial charge in [-0.25, -0.2) is 0 Å². The third-order valence-electron chi connectivity index (χ3n) is 2.55. The van der Waals surface area contributed by atoms with Crippen molar-refractivity contribution in [2.45, 2.75) is 52.1 Å². The fourth-order valence-corrected chi connectivity index (χ4v) is 1.68. The van der Waals surface area contributed by atoms with Crippen LogP contribution in [0.4, 0.5) is 0 Å². The molecule has 122 valence electrons. The van der Waals surface area contributed by atoms with Crippen LogP contribution in [0.1, 0.15) is 41.0 Å². The Morgan fingerprint density at radius 2 is 1.52 bits per heavy atom. The van der Waals surface area contributed by atoms with Crippen LogP contribution in [0.2, 0.25) is 0 Å². The molecule has 4 N–H and O–H groups in total. The summed E-state index contributed by atoms with van der Waals surface area (Å²) in [6.07, 6.45) is 1.16. The summed E-state index contributed by atoms with van der Waals surface area (Å²) in [4.78, 5) is 33.2. The van der Waals surface area contributed by atoms with Crippen molar-refractivity contribution in [2.24, 2.45) is 0 Å². The molecule has 0 saturated carbocycles. The molecule has 0 saturated heterocycles. The summed E-state index contributed by atoms with van der Waals surface area (Å²) < 4.78 is 0. The van der Waals surface area contributed by atoms with Crippen LogP contribution in [-0.2, 0) is 14.4 Å². The van der Waals surface area contributed by atoms with Crippen LogP contribution in [0.5, 0.6) is 0 Å². The second kappa shape index (κ2) is 8.61. The van der Waals surface area contributed by atoms with Gasteiger partial charge < -0.3 is 21.3 Å². The monoisotopic (exact) mass is 300 g/mol. The molecule has 0 heterocycles. The predicted molar refractivity (Wildman–Crippen MR) is 81.7 cm³/mol. The molecule has 0 spiro atoms. The Labute approximate surface area is 126 Å². The fourth-order valence-electron chi connectivity index (χ4n) is 1.68. The zero-order chi connectivity index (χ0) is 16.5. The minimum absolute atomic E-state index is 0.0334. The number of nitrogens with one attached hydrogen (secondary N) is 4. The molecule has 7 nitrogen and oxygen atoms in total. The first-order valence-electron chi connectivity index (χ1n) is 7.05. The molecule has 21 heavy (non-hydrogen) atoms. The maximum atomic E-state index is 11.6. The summed E-state index contributed by atoms with van der Waals surface area (Å²) in [6.45, 7) is 10.4. The largest absolute Gasteiger partial charge is 0.350 e. The molecular weight excluding hydrogens is 272 g/mol. The van der Waals surface area contributed by atoms with Crippen molar-refractivity contribution in [3.05, 3.63) is 0 Å². The van der Waals surface area contributed by atoms with Crippen molar-refractivity contribution >= 4 is 18.2 Å². The molecule has 0 aliphatic heterocycles. The van der Waals surface area contributed by atoms with Gasteiger partial charge in [-0.2, -0.15) is 0 Å². The van der Waals surface area contributed by atoms with E-state index in [0.717, 1.165) is 0 Å². The maximum absolute atomic E-state index is 11.6. The summed E-state index contributed by atoms with van der Waals surface area (Å²) in [5.74, 6) is -0.294. The van der Waals surface area contributed by atoms with E-state index in [1.165, 1.54) is 0 Å². The minimum atomic E-state index is -0.408. The topological polar surface area (TPSA) is 99.3 Å². The minimum Gasteiger partial charge on any atom is -0.350 e. The molecule has 0 rings (SSSR count). The van der Waals surface area contributed by atoms with Crippen molar-refractivity contribution in [1.82, 2.24) is 21.3 Å². The first-order valence-corrected chi connectivity index (χ1v) is 7.05. The van der Waals surface area contributed by atoms with E-state index in [9.17, 15) is 14.4 Å². The lowest BCUT2D eigenvalue weighted by Gasteiger charge is -2.26. The molecule has 0 aromatic heterocycles. The highest BCUT2D eigenvalue weighted by Gasteiger charge is 2.20. The van der Waals surface area contributed by atoms with Gasteiger partial charge in [0.25, 0.3) is 0 Å². The van der Waals surface area contributed by atoms with E-state index >= 15 is 0 Å². The lowest BCUT2D eigenvalue weighted by Crippen LogP contribution is -2.49. The molecule has 0 aromatic carbocycles. The fraction of sp³-hybridized carbons (Fsp3) is 0.786. The Kier molecular flexibility index (Phi) is 7.94. The zero-order valence-electron chi connectivity index (χ0n) is 13.6. The highest BCUT2D eigenvalue weighted by atomic mass is 16.2. The van der Waals surface area contributed by atoms with Gasteiger partial charge in [0, 0.05) is 11.1 Å². The van der Waals surface area contributed by atoms with E-state index in [1.807, 2.05) is 34.6 Å². The van der Waals surface area contributed by atoms with Gasteiger partial charge in [-0.05, 0) is 47.6 Å². The summed E-state index contributed by atoms with van der Waals surface area (Å²) in [6, 6.07) is 0. The summed E-state index contributed by atoms with van der Waals surface area (Å²) in [7, 11) is 0. The van der Waals surface area contributed by atoms with E-state index in [0.29, 0.717) is 19.4 Å². The highest BCUT2D eigenvalue weighted by molar-refractivity contribution is 5.80. The smallest absolute Gasteiger partial charge is 0.239 e. The van der Waals surface area contributed by atoms with E-state index < -0.39 is 5.54 Å². The normalized spacial score (nSPS) is 11.7.